The smallest absolute Gasteiger partial charge is 0.262 e. The van der Waals surface area contributed by atoms with Crippen molar-refractivity contribution in [2.24, 2.45) is 0 Å². The normalized spacial score (nSPS) is 16.5. The number of benzene rings is 1. The first-order chi connectivity index (χ1) is 10.7. The number of fused-ring (bicyclic) bond motifs is 1. The van der Waals surface area contributed by atoms with Crippen LogP contribution in [0.5, 0.6) is 5.75 Å². The Morgan fingerprint density at radius 2 is 2.27 bits per heavy atom. The number of carbonyl (C=O) groups is 2. The van der Waals surface area contributed by atoms with E-state index < -0.39 is 0 Å². The van der Waals surface area contributed by atoms with Crippen LogP contribution in [-0.2, 0) is 4.79 Å². The van der Waals surface area contributed by atoms with Crippen LogP contribution in [0.1, 0.15) is 29.2 Å². The average Bonchev–Trinajstić information content (AvgIpc) is 3.26. The third-order valence-electron chi connectivity index (χ3n) is 3.73. The number of anilines is 2. The van der Waals surface area contributed by atoms with Crippen molar-refractivity contribution >= 4 is 23.5 Å². The molecular formula is C15H14N4O3. The molecule has 2 amide bonds. The van der Waals surface area contributed by atoms with E-state index in [9.17, 15) is 9.59 Å². The van der Waals surface area contributed by atoms with E-state index in [0.29, 0.717) is 29.0 Å². The lowest BCUT2D eigenvalue weighted by Gasteiger charge is -2.20. The van der Waals surface area contributed by atoms with Gasteiger partial charge < -0.3 is 14.6 Å². The van der Waals surface area contributed by atoms with E-state index >= 15 is 0 Å². The van der Waals surface area contributed by atoms with Crippen LogP contribution in [-0.4, -0.2) is 28.0 Å². The van der Waals surface area contributed by atoms with Gasteiger partial charge in [0.1, 0.15) is 5.75 Å². The van der Waals surface area contributed by atoms with Crippen molar-refractivity contribution < 1.29 is 14.3 Å². The first kappa shape index (κ1) is 12.9. The first-order valence-corrected chi connectivity index (χ1v) is 7.12. The number of nitrogens with zero attached hydrogens (tertiary/aromatic N) is 2. The predicted molar refractivity (Wildman–Crippen MR) is 79.0 cm³/mol. The minimum Gasteiger partial charge on any atom is -0.482 e. The zero-order valence-electron chi connectivity index (χ0n) is 11.7. The van der Waals surface area contributed by atoms with Crippen LogP contribution < -0.4 is 15.4 Å². The third kappa shape index (κ3) is 2.20. The summed E-state index contributed by atoms with van der Waals surface area (Å²) in [6.45, 7) is -0.0375. The number of rotatable bonds is 3. The molecule has 0 atom stereocenters. The van der Waals surface area contributed by atoms with Gasteiger partial charge in [-0.15, -0.1) is 0 Å². The number of nitrogens with one attached hydrogen (secondary N) is 2. The molecule has 4 rings (SSSR count). The van der Waals surface area contributed by atoms with E-state index in [1.54, 1.807) is 24.4 Å². The standard InChI is InChI=1S/C15H14N4O3/c20-12-8-22-11-3-1-2-10(13(11)17-12)14(21)18-15-16-6-7-19(15)9-4-5-9/h1-3,6-7,9H,4-5,8H2,(H,17,20)(H,16,18,21). The van der Waals surface area contributed by atoms with Crippen molar-refractivity contribution in [1.29, 1.82) is 0 Å². The van der Waals surface area contributed by atoms with Gasteiger partial charge in [0.25, 0.3) is 11.8 Å². The Balaban J connectivity index is 1.63. The van der Waals surface area contributed by atoms with E-state index in [2.05, 4.69) is 15.6 Å². The topological polar surface area (TPSA) is 85.2 Å². The van der Waals surface area contributed by atoms with Crippen molar-refractivity contribution in [3.8, 4) is 5.75 Å². The minimum atomic E-state index is -0.323. The minimum absolute atomic E-state index is 0.0375. The molecule has 7 heteroatoms. The van der Waals surface area contributed by atoms with Crippen LogP contribution >= 0.6 is 0 Å². The summed E-state index contributed by atoms with van der Waals surface area (Å²) in [7, 11) is 0. The number of aromatic nitrogens is 2. The molecule has 7 nitrogen and oxygen atoms in total. The van der Waals surface area contributed by atoms with Crippen molar-refractivity contribution in [1.82, 2.24) is 9.55 Å². The van der Waals surface area contributed by atoms with Crippen LogP contribution in [0.3, 0.4) is 0 Å². The van der Waals surface area contributed by atoms with Gasteiger partial charge in [-0.05, 0) is 25.0 Å². The molecule has 1 aliphatic carbocycles. The summed E-state index contributed by atoms with van der Waals surface area (Å²) < 4.78 is 7.28. The molecule has 2 aromatic rings. The second kappa shape index (κ2) is 4.87. The van der Waals surface area contributed by atoms with E-state index in [1.807, 2.05) is 10.8 Å². The molecule has 1 aromatic heterocycles. The first-order valence-electron chi connectivity index (χ1n) is 7.12. The van der Waals surface area contributed by atoms with Crippen LogP contribution in [0.15, 0.2) is 30.6 Å². The molecule has 0 unspecified atom stereocenters. The lowest BCUT2D eigenvalue weighted by atomic mass is 10.1. The molecule has 1 fully saturated rings. The summed E-state index contributed by atoms with van der Waals surface area (Å²) >= 11 is 0. The fourth-order valence-corrected chi connectivity index (χ4v) is 2.51. The van der Waals surface area contributed by atoms with Crippen molar-refractivity contribution in [2.45, 2.75) is 18.9 Å². The Hall–Kier alpha value is -2.83. The van der Waals surface area contributed by atoms with Gasteiger partial charge in [0.05, 0.1) is 11.3 Å². The number of hydrogen-bond donors (Lipinski definition) is 2. The van der Waals surface area contributed by atoms with Gasteiger partial charge in [-0.3, -0.25) is 14.9 Å². The highest BCUT2D eigenvalue weighted by atomic mass is 16.5. The van der Waals surface area contributed by atoms with Gasteiger partial charge >= 0.3 is 0 Å². The van der Waals surface area contributed by atoms with E-state index in [0.717, 1.165) is 12.8 Å². The van der Waals surface area contributed by atoms with Crippen molar-refractivity contribution in [3.63, 3.8) is 0 Å². The summed E-state index contributed by atoms with van der Waals surface area (Å²) in [5.74, 6) is 0.425. The lowest BCUT2D eigenvalue weighted by molar-refractivity contribution is -0.118. The molecule has 1 aliphatic heterocycles. The van der Waals surface area contributed by atoms with Crippen LogP contribution in [0.25, 0.3) is 0 Å². The van der Waals surface area contributed by atoms with Gasteiger partial charge in [-0.25, -0.2) is 4.98 Å². The molecule has 0 saturated heterocycles. The molecule has 1 aromatic carbocycles. The molecule has 1 saturated carbocycles. The number of amides is 2. The van der Waals surface area contributed by atoms with E-state index in [1.165, 1.54) is 0 Å². The Labute approximate surface area is 126 Å². The molecule has 2 N–H and O–H groups in total. The van der Waals surface area contributed by atoms with Crippen LogP contribution in [0, 0.1) is 0 Å². The zero-order valence-corrected chi connectivity index (χ0v) is 11.7. The molecule has 2 heterocycles. The maximum absolute atomic E-state index is 12.5. The molecule has 0 spiro atoms. The summed E-state index contributed by atoms with van der Waals surface area (Å²) in [5, 5.41) is 5.49. The Morgan fingerprint density at radius 1 is 1.41 bits per heavy atom. The summed E-state index contributed by atoms with van der Waals surface area (Å²) in [6.07, 6.45) is 5.73. The average molecular weight is 298 g/mol. The lowest BCUT2D eigenvalue weighted by Crippen LogP contribution is -2.28. The molecule has 22 heavy (non-hydrogen) atoms. The number of carbonyl (C=O) groups excluding carboxylic acids is 2. The monoisotopic (exact) mass is 298 g/mol. The molecule has 112 valence electrons. The van der Waals surface area contributed by atoms with E-state index in [4.69, 9.17) is 4.74 Å². The maximum Gasteiger partial charge on any atom is 0.262 e. The fraction of sp³-hybridized carbons (Fsp3) is 0.267. The van der Waals surface area contributed by atoms with Gasteiger partial charge in [0.15, 0.2) is 6.61 Å². The van der Waals surface area contributed by atoms with Crippen LogP contribution in [0.4, 0.5) is 11.6 Å². The third-order valence-corrected chi connectivity index (χ3v) is 3.73. The number of para-hydroxylation sites is 1. The summed E-state index contributed by atoms with van der Waals surface area (Å²) in [6, 6.07) is 5.51. The Kier molecular flexibility index (Phi) is 2.85. The number of hydrogen-bond acceptors (Lipinski definition) is 4. The van der Waals surface area contributed by atoms with E-state index in [-0.39, 0.29) is 18.4 Å². The maximum atomic E-state index is 12.5. The quantitative estimate of drug-likeness (QED) is 0.905. The highest BCUT2D eigenvalue weighted by Crippen LogP contribution is 2.37. The van der Waals surface area contributed by atoms with Gasteiger partial charge in [-0.2, -0.15) is 0 Å². The summed E-state index contributed by atoms with van der Waals surface area (Å²) in [5.41, 5.74) is 0.761. The SMILES string of the molecule is O=C1COc2cccc(C(=O)Nc3nccn3C3CC3)c2N1. The fourth-order valence-electron chi connectivity index (χ4n) is 2.51. The second-order valence-electron chi connectivity index (χ2n) is 5.36. The zero-order chi connectivity index (χ0) is 15.1. The number of ether oxygens (including phenoxy) is 1. The second-order valence-corrected chi connectivity index (χ2v) is 5.36. The highest BCUT2D eigenvalue weighted by molar-refractivity contribution is 6.11. The van der Waals surface area contributed by atoms with Gasteiger partial charge in [0, 0.05) is 18.4 Å². The Bertz CT molecular complexity index is 764. The van der Waals surface area contributed by atoms with Crippen molar-refractivity contribution in [2.75, 3.05) is 17.2 Å². The largest absolute Gasteiger partial charge is 0.482 e. The van der Waals surface area contributed by atoms with Gasteiger partial charge in [-0.1, -0.05) is 6.07 Å². The number of imidazole rings is 1. The predicted octanol–water partition coefficient (Wildman–Crippen LogP) is 1.80. The highest BCUT2D eigenvalue weighted by Gasteiger charge is 2.27. The molecular weight excluding hydrogens is 284 g/mol. The molecule has 2 aliphatic rings. The Morgan fingerprint density at radius 3 is 3.09 bits per heavy atom. The molecule has 0 bridgehead atoms. The van der Waals surface area contributed by atoms with Crippen LogP contribution in [0.2, 0.25) is 0 Å². The summed E-state index contributed by atoms with van der Waals surface area (Å²) in [4.78, 5) is 28.2. The van der Waals surface area contributed by atoms with Gasteiger partial charge in [0.2, 0.25) is 5.95 Å². The molecule has 0 radical (unpaired) electrons. The van der Waals surface area contributed by atoms with Crippen molar-refractivity contribution in [3.05, 3.63) is 36.2 Å².